The highest BCUT2D eigenvalue weighted by atomic mass is 19.4. The maximum atomic E-state index is 13.0. The molecule has 0 atom stereocenters. The molecule has 0 unspecified atom stereocenters. The second kappa shape index (κ2) is 9.47. The molecule has 3 rings (SSSR count). The smallest absolute Gasteiger partial charge is 0.416 e. The van der Waals surface area contributed by atoms with E-state index in [0.717, 1.165) is 12.1 Å². The quantitative estimate of drug-likeness (QED) is 0.453. The monoisotopic (exact) mass is 469 g/mol. The number of carbonyl (C=O) groups excluding carboxylic acids is 1. The van der Waals surface area contributed by atoms with Crippen molar-refractivity contribution in [2.45, 2.75) is 26.3 Å². The van der Waals surface area contributed by atoms with Gasteiger partial charge in [0.1, 0.15) is 0 Å². The average molecular weight is 469 g/mol. The van der Waals surface area contributed by atoms with Crippen LogP contribution < -0.4 is 9.47 Å². The lowest BCUT2D eigenvalue weighted by Gasteiger charge is -2.18. The molecule has 0 bridgehead atoms. The minimum Gasteiger partial charge on any atom is -0.493 e. The number of benzene rings is 2. The molecule has 0 aliphatic carbocycles. The Morgan fingerprint density at radius 2 is 1.88 bits per heavy atom. The number of carbonyl (C=O) groups is 1. The minimum absolute atomic E-state index is 0.0522. The molecule has 0 saturated carbocycles. The first-order chi connectivity index (χ1) is 15.5. The normalized spacial score (nSPS) is 11.5. The lowest BCUT2D eigenvalue weighted by Crippen LogP contribution is -2.26. The van der Waals surface area contributed by atoms with E-state index in [9.17, 15) is 26.7 Å². The molecule has 0 radical (unpaired) electrons. The third-order valence-electron chi connectivity index (χ3n) is 4.87. The molecule has 0 saturated heterocycles. The maximum Gasteiger partial charge on any atom is 0.416 e. The predicted molar refractivity (Wildman–Crippen MR) is 109 cm³/mol. The molecule has 1 amide bonds. The Balaban J connectivity index is 1.82. The molecule has 6 nitrogen and oxygen atoms in total. The van der Waals surface area contributed by atoms with E-state index in [1.807, 2.05) is 0 Å². The maximum absolute atomic E-state index is 13.0. The lowest BCUT2D eigenvalue weighted by atomic mass is 10.1. The first-order valence-electron chi connectivity index (χ1n) is 9.60. The van der Waals surface area contributed by atoms with Crippen molar-refractivity contribution in [2.75, 3.05) is 14.2 Å². The second-order valence-electron chi connectivity index (χ2n) is 7.13. The van der Waals surface area contributed by atoms with Crippen molar-refractivity contribution in [3.8, 4) is 17.2 Å². The molecular weight excluding hydrogens is 449 g/mol. The van der Waals surface area contributed by atoms with Crippen LogP contribution in [-0.2, 0) is 12.7 Å². The Morgan fingerprint density at radius 3 is 2.52 bits per heavy atom. The molecule has 3 aromatic rings. The number of hydrogen-bond donors (Lipinski definition) is 0. The molecule has 0 fully saturated rings. The Kier molecular flexibility index (Phi) is 6.89. The highest BCUT2D eigenvalue weighted by Crippen LogP contribution is 2.31. The summed E-state index contributed by atoms with van der Waals surface area (Å²) in [5.74, 6) is -0.497. The summed E-state index contributed by atoms with van der Waals surface area (Å²) in [6.07, 6.45) is -3.24. The number of alkyl halides is 5. The van der Waals surface area contributed by atoms with Crippen LogP contribution in [0.15, 0.2) is 48.7 Å². The first kappa shape index (κ1) is 24.0. The Bertz CT molecular complexity index is 1140. The van der Waals surface area contributed by atoms with E-state index in [2.05, 4.69) is 9.84 Å². The third-order valence-corrected chi connectivity index (χ3v) is 4.87. The van der Waals surface area contributed by atoms with Crippen molar-refractivity contribution < 1.29 is 36.2 Å². The summed E-state index contributed by atoms with van der Waals surface area (Å²) in [6, 6.07) is 8.99. The number of methoxy groups -OCH3 is 1. The zero-order valence-corrected chi connectivity index (χ0v) is 17.9. The van der Waals surface area contributed by atoms with Gasteiger partial charge in [-0.25, -0.2) is 4.68 Å². The predicted octanol–water partition coefficient (Wildman–Crippen LogP) is 5.08. The van der Waals surface area contributed by atoms with Gasteiger partial charge < -0.3 is 14.4 Å². The number of nitrogens with zero attached hydrogens (tertiary/aromatic N) is 3. The Morgan fingerprint density at radius 1 is 1.15 bits per heavy atom. The topological polar surface area (TPSA) is 56.6 Å². The highest BCUT2D eigenvalue weighted by molar-refractivity contribution is 5.95. The Labute approximate surface area is 186 Å². The van der Waals surface area contributed by atoms with E-state index in [0.29, 0.717) is 11.3 Å². The van der Waals surface area contributed by atoms with Crippen molar-refractivity contribution in [3.63, 3.8) is 0 Å². The van der Waals surface area contributed by atoms with E-state index in [-0.39, 0.29) is 29.3 Å². The lowest BCUT2D eigenvalue weighted by molar-refractivity contribution is -0.137. The Hall–Kier alpha value is -3.63. The highest BCUT2D eigenvalue weighted by Gasteiger charge is 2.31. The van der Waals surface area contributed by atoms with Crippen LogP contribution in [0.2, 0.25) is 0 Å². The van der Waals surface area contributed by atoms with Crippen LogP contribution in [0.1, 0.15) is 27.2 Å². The van der Waals surface area contributed by atoms with Gasteiger partial charge >= 0.3 is 12.8 Å². The van der Waals surface area contributed by atoms with Crippen LogP contribution >= 0.6 is 0 Å². The van der Waals surface area contributed by atoms with E-state index >= 15 is 0 Å². The fourth-order valence-electron chi connectivity index (χ4n) is 3.25. The summed E-state index contributed by atoms with van der Waals surface area (Å²) in [7, 11) is 2.81. The molecule has 0 aliphatic rings. The summed E-state index contributed by atoms with van der Waals surface area (Å²) in [4.78, 5) is 14.3. The molecule has 1 aromatic heterocycles. The van der Waals surface area contributed by atoms with Gasteiger partial charge in [-0.15, -0.1) is 0 Å². The van der Waals surface area contributed by atoms with E-state index < -0.39 is 24.3 Å². The van der Waals surface area contributed by atoms with Crippen LogP contribution in [0.5, 0.6) is 11.5 Å². The van der Waals surface area contributed by atoms with Gasteiger partial charge in [-0.1, -0.05) is 12.1 Å². The summed E-state index contributed by atoms with van der Waals surface area (Å²) < 4.78 is 75.1. The van der Waals surface area contributed by atoms with Gasteiger partial charge in [0.05, 0.1) is 35.8 Å². The third kappa shape index (κ3) is 5.41. The largest absolute Gasteiger partial charge is 0.493 e. The van der Waals surface area contributed by atoms with Gasteiger partial charge in [0.25, 0.3) is 5.91 Å². The van der Waals surface area contributed by atoms with Gasteiger partial charge in [-0.2, -0.15) is 27.1 Å². The average Bonchev–Trinajstić information content (AvgIpc) is 3.13. The number of amides is 1. The number of ether oxygens (including phenoxy) is 2. The van der Waals surface area contributed by atoms with Crippen LogP contribution in [-0.4, -0.2) is 41.4 Å². The molecular formula is C22H20F5N3O3. The van der Waals surface area contributed by atoms with Crippen molar-refractivity contribution in [3.05, 3.63) is 71.0 Å². The zero-order chi connectivity index (χ0) is 24.3. The minimum atomic E-state index is -4.51. The zero-order valence-electron chi connectivity index (χ0n) is 17.9. The first-order valence-corrected chi connectivity index (χ1v) is 9.60. The molecule has 11 heteroatoms. The number of halogens is 5. The fourth-order valence-corrected chi connectivity index (χ4v) is 3.25. The summed E-state index contributed by atoms with van der Waals surface area (Å²) in [5.41, 5.74) is 0.370. The van der Waals surface area contributed by atoms with Crippen molar-refractivity contribution in [2.24, 2.45) is 0 Å². The summed E-state index contributed by atoms with van der Waals surface area (Å²) in [5, 5.41) is 4.07. The molecule has 33 heavy (non-hydrogen) atoms. The fraction of sp³-hybridized carbons (Fsp3) is 0.273. The van der Waals surface area contributed by atoms with Crippen LogP contribution in [0.3, 0.4) is 0 Å². The van der Waals surface area contributed by atoms with Crippen LogP contribution in [0.4, 0.5) is 22.0 Å². The number of rotatable bonds is 7. The molecule has 0 N–H and O–H groups in total. The second-order valence-corrected chi connectivity index (χ2v) is 7.13. The number of hydrogen-bond acceptors (Lipinski definition) is 4. The van der Waals surface area contributed by atoms with Gasteiger partial charge in [0, 0.05) is 13.6 Å². The number of aromatic nitrogens is 2. The van der Waals surface area contributed by atoms with Crippen LogP contribution in [0, 0.1) is 6.92 Å². The molecule has 1 heterocycles. The van der Waals surface area contributed by atoms with E-state index in [1.165, 1.54) is 54.2 Å². The SMILES string of the molecule is COc1ccc(CN(C)C(=O)c2cnn(-c3cccc(C(F)(F)F)c3)c2C)cc1OC(F)F. The molecule has 2 aromatic carbocycles. The summed E-state index contributed by atoms with van der Waals surface area (Å²) >= 11 is 0. The van der Waals surface area contributed by atoms with Crippen molar-refractivity contribution in [1.82, 2.24) is 14.7 Å². The standard InChI is InChI=1S/C22H20F5N3O3/c1-13-17(11-28-30(13)16-6-4-5-15(10-16)22(25,26)27)20(31)29(2)12-14-7-8-18(32-3)19(9-14)33-21(23)24/h4-11,21H,12H2,1-3H3. The van der Waals surface area contributed by atoms with Crippen molar-refractivity contribution >= 4 is 5.91 Å². The van der Waals surface area contributed by atoms with Crippen molar-refractivity contribution in [1.29, 1.82) is 0 Å². The van der Waals surface area contributed by atoms with Gasteiger partial charge in [-0.3, -0.25) is 4.79 Å². The van der Waals surface area contributed by atoms with Gasteiger partial charge in [0.15, 0.2) is 11.5 Å². The molecule has 0 aliphatic heterocycles. The summed E-state index contributed by atoms with van der Waals surface area (Å²) in [6.45, 7) is -1.43. The van der Waals surface area contributed by atoms with E-state index in [1.54, 1.807) is 13.0 Å². The molecule has 176 valence electrons. The van der Waals surface area contributed by atoms with Gasteiger partial charge in [-0.05, 0) is 42.8 Å². The molecule has 0 spiro atoms. The van der Waals surface area contributed by atoms with Gasteiger partial charge in [0.2, 0.25) is 0 Å². The van der Waals surface area contributed by atoms with E-state index in [4.69, 9.17) is 4.74 Å². The van der Waals surface area contributed by atoms with Crippen LogP contribution in [0.25, 0.3) is 5.69 Å².